The Kier molecular flexibility index (Phi) is 3.49. The second-order valence-corrected chi connectivity index (χ2v) is 5.63. The first-order valence-corrected chi connectivity index (χ1v) is 7.21. The van der Waals surface area contributed by atoms with Crippen LogP contribution in [-0.4, -0.2) is 29.3 Å². The molecule has 2 unspecified atom stereocenters. The predicted molar refractivity (Wildman–Crippen MR) is 82.8 cm³/mol. The van der Waals surface area contributed by atoms with Gasteiger partial charge in [0.25, 0.3) is 0 Å². The summed E-state index contributed by atoms with van der Waals surface area (Å²) in [6, 6.07) is 6.08. The molecular formula is C16H21N3O. The third-order valence-corrected chi connectivity index (χ3v) is 4.40. The van der Waals surface area contributed by atoms with Crippen LogP contribution in [-0.2, 0) is 0 Å². The molecule has 1 aromatic heterocycles. The van der Waals surface area contributed by atoms with Crippen molar-refractivity contribution in [1.82, 2.24) is 4.98 Å². The maximum atomic E-state index is 10.2. The molecule has 2 atom stereocenters. The van der Waals surface area contributed by atoms with Crippen LogP contribution in [0.5, 0.6) is 0 Å². The maximum Gasteiger partial charge on any atom is 0.0743 e. The van der Waals surface area contributed by atoms with Gasteiger partial charge in [-0.25, -0.2) is 0 Å². The Morgan fingerprint density at radius 2 is 2.00 bits per heavy atom. The number of rotatable bonds is 2. The molecule has 2 aromatic rings. The van der Waals surface area contributed by atoms with Gasteiger partial charge in [-0.2, -0.15) is 0 Å². The minimum absolute atomic E-state index is 0.177. The largest absolute Gasteiger partial charge is 0.398 e. The van der Waals surface area contributed by atoms with Gasteiger partial charge in [-0.15, -0.1) is 0 Å². The van der Waals surface area contributed by atoms with Gasteiger partial charge in [-0.3, -0.25) is 4.98 Å². The number of anilines is 2. The monoisotopic (exact) mass is 271 g/mol. The minimum atomic E-state index is -0.252. The molecule has 0 amide bonds. The molecule has 4 heteroatoms. The molecule has 4 nitrogen and oxygen atoms in total. The fourth-order valence-corrected chi connectivity index (χ4v) is 3.23. The Balaban J connectivity index is 2.03. The summed E-state index contributed by atoms with van der Waals surface area (Å²) in [5.74, 6) is 0. The highest BCUT2D eigenvalue weighted by atomic mass is 16.3. The molecule has 20 heavy (non-hydrogen) atoms. The number of aliphatic hydroxyl groups is 1. The molecule has 1 aliphatic carbocycles. The number of nitrogen functional groups attached to an aromatic ring is 1. The van der Waals surface area contributed by atoms with Crippen molar-refractivity contribution < 1.29 is 5.11 Å². The Labute approximate surface area is 119 Å². The molecule has 0 radical (unpaired) electrons. The van der Waals surface area contributed by atoms with E-state index in [1.807, 2.05) is 24.4 Å². The van der Waals surface area contributed by atoms with Gasteiger partial charge in [0.05, 0.1) is 12.1 Å². The van der Waals surface area contributed by atoms with E-state index < -0.39 is 0 Å². The van der Waals surface area contributed by atoms with Crippen molar-refractivity contribution in [1.29, 1.82) is 0 Å². The summed E-state index contributed by atoms with van der Waals surface area (Å²) < 4.78 is 0. The van der Waals surface area contributed by atoms with Crippen LogP contribution in [0.1, 0.15) is 25.7 Å². The maximum absolute atomic E-state index is 10.2. The van der Waals surface area contributed by atoms with Crippen LogP contribution in [0.3, 0.4) is 0 Å². The zero-order valence-electron chi connectivity index (χ0n) is 11.8. The molecule has 106 valence electrons. The lowest BCUT2D eigenvalue weighted by Gasteiger charge is -2.37. The number of aliphatic hydroxyl groups excluding tert-OH is 1. The lowest BCUT2D eigenvalue weighted by atomic mass is 9.91. The Hall–Kier alpha value is -1.81. The smallest absolute Gasteiger partial charge is 0.0743 e. The summed E-state index contributed by atoms with van der Waals surface area (Å²) in [5, 5.41) is 12.3. The number of hydrogen-bond acceptors (Lipinski definition) is 4. The first-order valence-electron chi connectivity index (χ1n) is 7.21. The fraction of sp³-hybridized carbons (Fsp3) is 0.438. The van der Waals surface area contributed by atoms with E-state index in [2.05, 4.69) is 16.9 Å². The van der Waals surface area contributed by atoms with Gasteiger partial charge >= 0.3 is 0 Å². The van der Waals surface area contributed by atoms with Gasteiger partial charge in [0.1, 0.15) is 0 Å². The minimum Gasteiger partial charge on any atom is -0.398 e. The number of benzene rings is 1. The predicted octanol–water partition coefficient (Wildman–Crippen LogP) is 2.56. The van der Waals surface area contributed by atoms with Gasteiger partial charge in [0.2, 0.25) is 0 Å². The van der Waals surface area contributed by atoms with Crippen molar-refractivity contribution in [3.8, 4) is 0 Å². The zero-order chi connectivity index (χ0) is 14.1. The Morgan fingerprint density at radius 1 is 1.20 bits per heavy atom. The van der Waals surface area contributed by atoms with Crippen LogP contribution in [0.15, 0.2) is 30.6 Å². The molecule has 0 aliphatic heterocycles. The molecular weight excluding hydrogens is 250 g/mol. The molecule has 0 bridgehead atoms. The van der Waals surface area contributed by atoms with E-state index in [1.165, 1.54) is 6.42 Å². The highest BCUT2D eigenvalue weighted by molar-refractivity contribution is 6.00. The van der Waals surface area contributed by atoms with E-state index in [1.54, 1.807) is 6.20 Å². The molecule has 0 spiro atoms. The summed E-state index contributed by atoms with van der Waals surface area (Å²) in [7, 11) is 2.05. The molecule has 0 saturated heterocycles. The normalized spacial score (nSPS) is 22.9. The molecule has 1 heterocycles. The highest BCUT2D eigenvalue weighted by Crippen LogP contribution is 2.33. The van der Waals surface area contributed by atoms with Crippen molar-refractivity contribution in [2.45, 2.75) is 37.8 Å². The summed E-state index contributed by atoms with van der Waals surface area (Å²) in [6.45, 7) is 0. The summed E-state index contributed by atoms with van der Waals surface area (Å²) in [6.07, 6.45) is 7.58. The van der Waals surface area contributed by atoms with Crippen LogP contribution in [0.2, 0.25) is 0 Å². The van der Waals surface area contributed by atoms with E-state index >= 15 is 0 Å². The summed E-state index contributed by atoms with van der Waals surface area (Å²) >= 11 is 0. The molecule has 3 N–H and O–H groups in total. The molecule has 3 rings (SSSR count). The van der Waals surface area contributed by atoms with E-state index in [0.29, 0.717) is 0 Å². The second-order valence-electron chi connectivity index (χ2n) is 5.63. The van der Waals surface area contributed by atoms with E-state index in [4.69, 9.17) is 5.73 Å². The van der Waals surface area contributed by atoms with Crippen molar-refractivity contribution in [2.24, 2.45) is 0 Å². The van der Waals surface area contributed by atoms with E-state index in [-0.39, 0.29) is 12.1 Å². The van der Waals surface area contributed by atoms with Gasteiger partial charge in [0.15, 0.2) is 0 Å². The number of fused-ring (bicyclic) bond motifs is 1. The van der Waals surface area contributed by atoms with Crippen LogP contribution in [0, 0.1) is 0 Å². The van der Waals surface area contributed by atoms with E-state index in [0.717, 1.165) is 41.4 Å². The molecule has 1 saturated carbocycles. The standard InChI is InChI=1S/C16H21N3O/c1-19(15-4-2-3-5-16(15)20)14-7-6-13(17)11-8-9-18-10-12(11)14/h6-10,15-16,20H,2-5,17H2,1H3. The van der Waals surface area contributed by atoms with E-state index in [9.17, 15) is 5.11 Å². The third kappa shape index (κ3) is 2.20. The number of nitrogens with two attached hydrogens (primary N) is 1. The lowest BCUT2D eigenvalue weighted by molar-refractivity contribution is 0.106. The SMILES string of the molecule is CN(c1ccc(N)c2ccncc12)C1CCCCC1O. The van der Waals surface area contributed by atoms with Gasteiger partial charge in [-0.1, -0.05) is 12.8 Å². The number of aromatic nitrogens is 1. The average molecular weight is 271 g/mol. The molecule has 1 aromatic carbocycles. The molecule has 1 fully saturated rings. The zero-order valence-corrected chi connectivity index (χ0v) is 11.8. The van der Waals surface area contributed by atoms with Crippen molar-refractivity contribution >= 4 is 22.1 Å². The number of pyridine rings is 1. The van der Waals surface area contributed by atoms with Crippen LogP contribution in [0.4, 0.5) is 11.4 Å². The first kappa shape index (κ1) is 13.2. The second kappa shape index (κ2) is 5.29. The Morgan fingerprint density at radius 3 is 2.80 bits per heavy atom. The lowest BCUT2D eigenvalue weighted by Crippen LogP contribution is -2.43. The Bertz CT molecular complexity index is 614. The third-order valence-electron chi connectivity index (χ3n) is 4.40. The fourth-order valence-electron chi connectivity index (χ4n) is 3.23. The van der Waals surface area contributed by atoms with Gasteiger partial charge in [-0.05, 0) is 31.0 Å². The van der Waals surface area contributed by atoms with Crippen LogP contribution >= 0.6 is 0 Å². The number of likely N-dealkylation sites (N-methyl/N-ethyl adjacent to an activating group) is 1. The summed E-state index contributed by atoms with van der Waals surface area (Å²) in [4.78, 5) is 6.40. The highest BCUT2D eigenvalue weighted by Gasteiger charge is 2.27. The van der Waals surface area contributed by atoms with Crippen LogP contribution < -0.4 is 10.6 Å². The first-order chi connectivity index (χ1) is 9.68. The van der Waals surface area contributed by atoms with Crippen LogP contribution in [0.25, 0.3) is 10.8 Å². The molecule has 1 aliphatic rings. The van der Waals surface area contributed by atoms with Gasteiger partial charge in [0, 0.05) is 41.6 Å². The van der Waals surface area contributed by atoms with Crippen molar-refractivity contribution in [3.63, 3.8) is 0 Å². The quantitative estimate of drug-likeness (QED) is 0.824. The van der Waals surface area contributed by atoms with Crippen molar-refractivity contribution in [3.05, 3.63) is 30.6 Å². The number of hydrogen-bond donors (Lipinski definition) is 2. The average Bonchev–Trinajstić information content (AvgIpc) is 2.48. The van der Waals surface area contributed by atoms with Gasteiger partial charge < -0.3 is 15.7 Å². The number of nitrogens with zero attached hydrogens (tertiary/aromatic N) is 2. The topological polar surface area (TPSA) is 62.4 Å². The van der Waals surface area contributed by atoms with Crippen molar-refractivity contribution in [2.75, 3.05) is 17.7 Å². The summed E-state index contributed by atoms with van der Waals surface area (Å²) in [5.41, 5.74) is 7.89.